The first-order valence-corrected chi connectivity index (χ1v) is 10.2. The fraction of sp³-hybridized carbons (Fsp3) is 0.227. The van der Waals surface area contributed by atoms with E-state index in [1.165, 1.54) is 18.2 Å². The van der Waals surface area contributed by atoms with E-state index < -0.39 is 17.8 Å². The Labute approximate surface area is 187 Å². The first-order valence-electron chi connectivity index (χ1n) is 9.42. The molecule has 2 aromatic rings. The number of hydrazine groups is 1. The summed E-state index contributed by atoms with van der Waals surface area (Å²) in [5.74, 6) is -1.09. The third-order valence-electron chi connectivity index (χ3n) is 4.18. The summed E-state index contributed by atoms with van der Waals surface area (Å²) < 4.78 is 16.7. The molecule has 0 bridgehead atoms. The van der Waals surface area contributed by atoms with Crippen LogP contribution in [0.25, 0.3) is 6.08 Å². The van der Waals surface area contributed by atoms with Gasteiger partial charge in [-0.3, -0.25) is 15.0 Å². The van der Waals surface area contributed by atoms with Gasteiger partial charge in [0.25, 0.3) is 11.8 Å². The minimum absolute atomic E-state index is 0.0846. The number of rotatable bonds is 7. The first kappa shape index (κ1) is 22.4. The summed E-state index contributed by atoms with van der Waals surface area (Å²) in [6.07, 6.45) is 1.12. The third-order valence-corrected chi connectivity index (χ3v) is 4.63. The number of ether oxygens (including phenoxy) is 3. The van der Waals surface area contributed by atoms with E-state index in [9.17, 15) is 14.4 Å². The van der Waals surface area contributed by atoms with Crippen LogP contribution in [0.5, 0.6) is 11.5 Å². The molecule has 0 radical (unpaired) electrons. The molecule has 0 aliphatic carbocycles. The second-order valence-corrected chi connectivity index (χ2v) is 7.74. The van der Waals surface area contributed by atoms with Gasteiger partial charge >= 0.3 is 5.97 Å². The largest absolute Gasteiger partial charge is 0.493 e. The second-order valence-electron chi connectivity index (χ2n) is 6.83. The van der Waals surface area contributed by atoms with Crippen molar-refractivity contribution in [3.63, 3.8) is 0 Å². The highest BCUT2D eigenvalue weighted by molar-refractivity contribution is 9.10. The van der Waals surface area contributed by atoms with Crippen LogP contribution in [-0.2, 0) is 19.1 Å². The Balaban J connectivity index is 1.95. The highest BCUT2D eigenvalue weighted by Crippen LogP contribution is 2.37. The van der Waals surface area contributed by atoms with Crippen molar-refractivity contribution >= 4 is 45.5 Å². The molecule has 8 nitrogen and oxygen atoms in total. The van der Waals surface area contributed by atoms with Gasteiger partial charge < -0.3 is 14.2 Å². The number of nitrogens with zero attached hydrogens (tertiary/aromatic N) is 1. The van der Waals surface area contributed by atoms with Gasteiger partial charge in [0.15, 0.2) is 18.1 Å². The highest BCUT2D eigenvalue weighted by Gasteiger charge is 2.34. The number of hydrogen-bond donors (Lipinski definition) is 1. The van der Waals surface area contributed by atoms with Gasteiger partial charge in [0.1, 0.15) is 5.57 Å². The quantitative estimate of drug-likeness (QED) is 0.365. The monoisotopic (exact) mass is 488 g/mol. The molecule has 1 aliphatic rings. The number of para-hydroxylation sites is 1. The average molecular weight is 489 g/mol. The highest BCUT2D eigenvalue weighted by atomic mass is 79.9. The lowest BCUT2D eigenvalue weighted by Gasteiger charge is -2.15. The Hall–Kier alpha value is -3.33. The zero-order chi connectivity index (χ0) is 22.5. The molecule has 1 aliphatic heterocycles. The zero-order valence-corrected chi connectivity index (χ0v) is 18.8. The molecule has 0 atom stereocenters. The van der Waals surface area contributed by atoms with Crippen LogP contribution in [0.2, 0.25) is 0 Å². The fourth-order valence-corrected chi connectivity index (χ4v) is 3.36. The second kappa shape index (κ2) is 9.65. The van der Waals surface area contributed by atoms with E-state index >= 15 is 0 Å². The van der Waals surface area contributed by atoms with E-state index in [0.29, 0.717) is 21.5 Å². The maximum Gasteiger partial charge on any atom is 0.344 e. The Morgan fingerprint density at radius 2 is 1.90 bits per heavy atom. The predicted molar refractivity (Wildman–Crippen MR) is 117 cm³/mol. The van der Waals surface area contributed by atoms with Crippen molar-refractivity contribution in [3.8, 4) is 11.5 Å². The Morgan fingerprint density at radius 1 is 1.19 bits per heavy atom. The van der Waals surface area contributed by atoms with Crippen molar-refractivity contribution in [2.75, 3.05) is 18.7 Å². The van der Waals surface area contributed by atoms with E-state index in [2.05, 4.69) is 21.4 Å². The van der Waals surface area contributed by atoms with Crippen LogP contribution in [0.15, 0.2) is 52.5 Å². The van der Waals surface area contributed by atoms with Crippen LogP contribution in [0.1, 0.15) is 19.4 Å². The molecule has 1 fully saturated rings. The van der Waals surface area contributed by atoms with Crippen LogP contribution in [0, 0.1) is 0 Å². The van der Waals surface area contributed by atoms with E-state index in [4.69, 9.17) is 14.2 Å². The SMILES string of the molecule is COc1cc(Br)cc(/C=C2\C(=O)NN(c3ccccc3)C2=O)c1OCC(=O)OC(C)C. The van der Waals surface area contributed by atoms with Crippen LogP contribution >= 0.6 is 15.9 Å². The summed E-state index contributed by atoms with van der Waals surface area (Å²) in [5.41, 5.74) is 3.38. The molecular weight excluding hydrogens is 468 g/mol. The third kappa shape index (κ3) is 5.24. The summed E-state index contributed by atoms with van der Waals surface area (Å²) >= 11 is 3.38. The smallest absolute Gasteiger partial charge is 0.344 e. The van der Waals surface area contributed by atoms with Crippen LogP contribution < -0.4 is 19.9 Å². The number of nitrogens with one attached hydrogen (secondary N) is 1. The van der Waals surface area contributed by atoms with Crippen molar-refractivity contribution in [2.24, 2.45) is 0 Å². The summed E-state index contributed by atoms with van der Waals surface area (Å²) in [4.78, 5) is 37.3. The molecule has 31 heavy (non-hydrogen) atoms. The molecule has 3 rings (SSSR count). The fourth-order valence-electron chi connectivity index (χ4n) is 2.90. The van der Waals surface area contributed by atoms with Gasteiger partial charge in [-0.25, -0.2) is 9.80 Å². The van der Waals surface area contributed by atoms with Crippen molar-refractivity contribution < 1.29 is 28.6 Å². The summed E-state index contributed by atoms with van der Waals surface area (Å²) in [7, 11) is 1.45. The average Bonchev–Trinajstić information content (AvgIpc) is 3.01. The van der Waals surface area contributed by atoms with Crippen molar-refractivity contribution in [3.05, 3.63) is 58.1 Å². The molecule has 0 spiro atoms. The lowest BCUT2D eigenvalue weighted by molar-refractivity contribution is -0.149. The summed E-state index contributed by atoms with van der Waals surface area (Å²) in [5, 5.41) is 1.17. The number of hydrogen-bond acceptors (Lipinski definition) is 6. The predicted octanol–water partition coefficient (Wildman–Crippen LogP) is 3.25. The number of halogens is 1. The van der Waals surface area contributed by atoms with E-state index in [0.717, 1.165) is 0 Å². The van der Waals surface area contributed by atoms with Crippen molar-refractivity contribution in [2.45, 2.75) is 20.0 Å². The number of carbonyl (C=O) groups excluding carboxylic acids is 3. The van der Waals surface area contributed by atoms with Crippen LogP contribution in [0.3, 0.4) is 0 Å². The molecule has 0 unspecified atom stereocenters. The molecule has 0 aromatic heterocycles. The Kier molecular flexibility index (Phi) is 6.96. The number of carbonyl (C=O) groups is 3. The molecule has 1 saturated heterocycles. The van der Waals surface area contributed by atoms with Gasteiger partial charge in [-0.05, 0) is 44.2 Å². The topological polar surface area (TPSA) is 94.2 Å². The van der Waals surface area contributed by atoms with Crippen LogP contribution in [-0.4, -0.2) is 37.6 Å². The summed E-state index contributed by atoms with van der Waals surface area (Å²) in [6, 6.07) is 12.1. The Morgan fingerprint density at radius 3 is 2.55 bits per heavy atom. The summed E-state index contributed by atoms with van der Waals surface area (Å²) in [6.45, 7) is 3.11. The molecule has 0 saturated carbocycles. The van der Waals surface area contributed by atoms with E-state index in [1.54, 1.807) is 50.2 Å². The first-order chi connectivity index (χ1) is 14.8. The minimum atomic E-state index is -0.557. The minimum Gasteiger partial charge on any atom is -0.493 e. The molecule has 162 valence electrons. The molecule has 1 N–H and O–H groups in total. The molecule has 2 amide bonds. The molecule has 9 heteroatoms. The maximum atomic E-state index is 12.9. The van der Waals surface area contributed by atoms with Crippen LogP contribution in [0.4, 0.5) is 5.69 Å². The lowest BCUT2D eigenvalue weighted by Crippen LogP contribution is -2.35. The van der Waals surface area contributed by atoms with E-state index in [-0.39, 0.29) is 24.0 Å². The van der Waals surface area contributed by atoms with Gasteiger partial charge in [0, 0.05) is 10.0 Å². The van der Waals surface area contributed by atoms with Gasteiger partial charge in [-0.2, -0.15) is 0 Å². The number of methoxy groups -OCH3 is 1. The zero-order valence-electron chi connectivity index (χ0n) is 17.2. The molecular formula is C22H21BrN2O6. The van der Waals surface area contributed by atoms with Gasteiger partial charge in [0.2, 0.25) is 0 Å². The van der Waals surface area contributed by atoms with Crippen molar-refractivity contribution in [1.29, 1.82) is 0 Å². The maximum absolute atomic E-state index is 12.9. The van der Waals surface area contributed by atoms with Crippen molar-refractivity contribution in [1.82, 2.24) is 5.43 Å². The molecule has 1 heterocycles. The lowest BCUT2D eigenvalue weighted by atomic mass is 10.1. The number of esters is 1. The Bertz CT molecular complexity index is 1040. The van der Waals surface area contributed by atoms with Gasteiger partial charge in [-0.1, -0.05) is 34.1 Å². The van der Waals surface area contributed by atoms with Gasteiger partial charge in [-0.15, -0.1) is 0 Å². The van der Waals surface area contributed by atoms with Gasteiger partial charge in [0.05, 0.1) is 18.9 Å². The standard InChI is InChI=1S/C22H21BrN2O6/c1-13(2)31-19(26)12-30-20-14(9-15(23)11-18(20)29-3)10-17-21(27)24-25(22(17)28)16-7-5-4-6-8-16/h4-11,13H,12H2,1-3H3,(H,24,27)/b17-10+. The number of amides is 2. The number of anilines is 1. The molecule has 2 aromatic carbocycles. The normalized spacial score (nSPS) is 14.7. The number of benzene rings is 2. The van der Waals surface area contributed by atoms with E-state index in [1.807, 2.05) is 6.07 Å².